The number of esters is 1. The zero-order valence-electron chi connectivity index (χ0n) is 15.0. The van der Waals surface area contributed by atoms with Crippen LogP contribution in [0.1, 0.15) is 16.7 Å². The number of methoxy groups -OCH3 is 1. The Labute approximate surface area is 175 Å². The minimum Gasteiger partial charge on any atom is -0.487 e. The average molecular weight is 442 g/mol. The van der Waals surface area contributed by atoms with Crippen LogP contribution in [0.5, 0.6) is 5.75 Å². The second-order valence-corrected chi connectivity index (χ2v) is 7.24. The Balaban J connectivity index is 1.98. The van der Waals surface area contributed by atoms with Crippen molar-refractivity contribution in [2.75, 3.05) is 7.11 Å². The van der Waals surface area contributed by atoms with E-state index in [1.165, 1.54) is 13.2 Å². The summed E-state index contributed by atoms with van der Waals surface area (Å²) >= 11 is 18.6. The van der Waals surface area contributed by atoms with E-state index in [0.717, 1.165) is 0 Å². The van der Waals surface area contributed by atoms with E-state index in [1.807, 2.05) is 0 Å². The maximum Gasteiger partial charge on any atom is 0.340 e. The van der Waals surface area contributed by atoms with Crippen LogP contribution in [0.2, 0.25) is 15.1 Å². The number of aryl methyl sites for hydroxylation is 1. The van der Waals surface area contributed by atoms with Crippen LogP contribution in [0.3, 0.4) is 0 Å². The molecule has 2 aromatic carbocycles. The van der Waals surface area contributed by atoms with E-state index < -0.39 is 11.6 Å². The number of halogens is 3. The van der Waals surface area contributed by atoms with E-state index >= 15 is 0 Å². The molecule has 0 saturated carbocycles. The Morgan fingerprint density at radius 1 is 1.07 bits per heavy atom. The number of rotatable bonds is 5. The molecule has 0 amide bonds. The van der Waals surface area contributed by atoms with Crippen molar-refractivity contribution in [3.63, 3.8) is 0 Å². The summed E-state index contributed by atoms with van der Waals surface area (Å²) in [6, 6.07) is 8.30. The van der Waals surface area contributed by atoms with Gasteiger partial charge in [0.1, 0.15) is 17.9 Å². The standard InChI is InChI=1S/C20H15Cl3O5/c1-10-11-6-16(23)18(27-9-13-14(21)4-3-5-15(13)22)8-17(11)28-20(25)12(10)7-19(24)26-2/h3-6,8H,7,9H2,1-2H3. The molecule has 1 heterocycles. The van der Waals surface area contributed by atoms with Crippen LogP contribution < -0.4 is 10.4 Å². The second kappa shape index (κ2) is 8.43. The van der Waals surface area contributed by atoms with Crippen LogP contribution in [0.15, 0.2) is 39.5 Å². The SMILES string of the molecule is COC(=O)Cc1c(C)c2cc(Cl)c(OCc3c(Cl)cccc3Cl)cc2oc1=O. The van der Waals surface area contributed by atoms with E-state index in [1.54, 1.807) is 31.2 Å². The van der Waals surface area contributed by atoms with Crippen LogP contribution in [0.25, 0.3) is 11.0 Å². The van der Waals surface area contributed by atoms with Crippen molar-refractivity contribution >= 4 is 51.7 Å². The molecule has 5 nitrogen and oxygen atoms in total. The average Bonchev–Trinajstić information content (AvgIpc) is 2.65. The number of hydrogen-bond donors (Lipinski definition) is 0. The van der Waals surface area contributed by atoms with Crippen molar-refractivity contribution in [3.8, 4) is 5.75 Å². The van der Waals surface area contributed by atoms with Crippen molar-refractivity contribution in [2.24, 2.45) is 0 Å². The first-order chi connectivity index (χ1) is 13.3. The molecule has 0 unspecified atom stereocenters. The summed E-state index contributed by atoms with van der Waals surface area (Å²) in [4.78, 5) is 23.8. The first kappa shape index (κ1) is 20.5. The zero-order chi connectivity index (χ0) is 20.4. The molecule has 0 aliphatic heterocycles. The van der Waals surface area contributed by atoms with Crippen molar-refractivity contribution in [2.45, 2.75) is 20.0 Å². The number of fused-ring (bicyclic) bond motifs is 1. The Kier molecular flexibility index (Phi) is 6.18. The van der Waals surface area contributed by atoms with Gasteiger partial charge in [-0.2, -0.15) is 0 Å². The van der Waals surface area contributed by atoms with Gasteiger partial charge in [0.25, 0.3) is 0 Å². The maximum absolute atomic E-state index is 12.3. The van der Waals surface area contributed by atoms with Gasteiger partial charge in [0.15, 0.2) is 0 Å². The number of ether oxygens (including phenoxy) is 2. The highest BCUT2D eigenvalue weighted by molar-refractivity contribution is 6.36. The van der Waals surface area contributed by atoms with Crippen LogP contribution in [0.4, 0.5) is 0 Å². The van der Waals surface area contributed by atoms with E-state index in [9.17, 15) is 9.59 Å². The van der Waals surface area contributed by atoms with Crippen molar-refractivity contribution in [1.29, 1.82) is 0 Å². The highest BCUT2D eigenvalue weighted by Gasteiger charge is 2.17. The monoisotopic (exact) mass is 440 g/mol. The van der Waals surface area contributed by atoms with Crippen molar-refractivity contribution < 1.29 is 18.7 Å². The molecular weight excluding hydrogens is 427 g/mol. The van der Waals surface area contributed by atoms with Gasteiger partial charge in [0.2, 0.25) is 0 Å². The normalized spacial score (nSPS) is 10.9. The van der Waals surface area contributed by atoms with Gasteiger partial charge >= 0.3 is 11.6 Å². The van der Waals surface area contributed by atoms with Gasteiger partial charge in [0, 0.05) is 27.1 Å². The molecule has 3 rings (SSSR count). The summed E-state index contributed by atoms with van der Waals surface area (Å²) in [5.74, 6) is -0.217. The van der Waals surface area contributed by atoms with Gasteiger partial charge in [-0.15, -0.1) is 0 Å². The van der Waals surface area contributed by atoms with Gasteiger partial charge in [-0.25, -0.2) is 4.79 Å². The Morgan fingerprint density at radius 2 is 1.75 bits per heavy atom. The molecule has 0 fully saturated rings. The smallest absolute Gasteiger partial charge is 0.340 e. The molecule has 0 saturated heterocycles. The molecule has 1 aromatic heterocycles. The number of benzene rings is 2. The summed E-state index contributed by atoms with van der Waals surface area (Å²) in [6.07, 6.45) is -0.179. The lowest BCUT2D eigenvalue weighted by Crippen LogP contribution is -2.16. The number of hydrogen-bond acceptors (Lipinski definition) is 5. The fourth-order valence-corrected chi connectivity index (χ4v) is 3.47. The number of carbonyl (C=O) groups is 1. The predicted octanol–water partition coefficient (Wildman–Crippen LogP) is 5.36. The van der Waals surface area contributed by atoms with Gasteiger partial charge < -0.3 is 13.9 Å². The van der Waals surface area contributed by atoms with Crippen LogP contribution in [0, 0.1) is 6.92 Å². The van der Waals surface area contributed by atoms with Crippen LogP contribution >= 0.6 is 34.8 Å². The summed E-state index contributed by atoms with van der Waals surface area (Å²) in [5.41, 5.74) is 1.12. The first-order valence-corrected chi connectivity index (χ1v) is 9.33. The Bertz CT molecular complexity index is 1100. The molecule has 0 aliphatic carbocycles. The van der Waals surface area contributed by atoms with Gasteiger partial charge in [-0.1, -0.05) is 40.9 Å². The van der Waals surface area contributed by atoms with Gasteiger partial charge in [-0.3, -0.25) is 4.79 Å². The molecule has 0 bridgehead atoms. The lowest BCUT2D eigenvalue weighted by atomic mass is 10.0. The molecule has 0 atom stereocenters. The first-order valence-electron chi connectivity index (χ1n) is 8.20. The third-order valence-corrected chi connectivity index (χ3v) is 5.33. The second-order valence-electron chi connectivity index (χ2n) is 6.01. The van der Waals surface area contributed by atoms with E-state index in [4.69, 9.17) is 44.0 Å². The zero-order valence-corrected chi connectivity index (χ0v) is 17.2. The molecule has 0 radical (unpaired) electrons. The molecule has 3 aromatic rings. The fourth-order valence-electron chi connectivity index (χ4n) is 2.74. The van der Waals surface area contributed by atoms with E-state index in [-0.39, 0.29) is 18.6 Å². The van der Waals surface area contributed by atoms with Crippen LogP contribution in [-0.4, -0.2) is 13.1 Å². The maximum atomic E-state index is 12.3. The number of carbonyl (C=O) groups excluding carboxylic acids is 1. The largest absolute Gasteiger partial charge is 0.487 e. The van der Waals surface area contributed by atoms with Gasteiger partial charge in [0.05, 0.1) is 24.1 Å². The molecule has 8 heteroatoms. The molecule has 0 N–H and O–H groups in total. The van der Waals surface area contributed by atoms with Gasteiger partial charge in [-0.05, 0) is 30.7 Å². The van der Waals surface area contributed by atoms with E-state index in [2.05, 4.69) is 4.74 Å². The lowest BCUT2D eigenvalue weighted by molar-refractivity contribution is -0.139. The molecule has 146 valence electrons. The van der Waals surface area contributed by atoms with Crippen LogP contribution in [-0.2, 0) is 22.6 Å². The van der Waals surface area contributed by atoms with Crippen molar-refractivity contribution in [1.82, 2.24) is 0 Å². The summed E-state index contributed by atoms with van der Waals surface area (Å²) in [6.45, 7) is 1.81. The quantitative estimate of drug-likeness (QED) is 0.394. The summed E-state index contributed by atoms with van der Waals surface area (Å²) < 4.78 is 15.7. The fraction of sp³-hybridized carbons (Fsp3) is 0.200. The molecule has 28 heavy (non-hydrogen) atoms. The molecule has 0 aliphatic rings. The predicted molar refractivity (Wildman–Crippen MR) is 109 cm³/mol. The summed E-state index contributed by atoms with van der Waals surface area (Å²) in [7, 11) is 1.26. The highest BCUT2D eigenvalue weighted by Crippen LogP contribution is 2.33. The minimum atomic E-state index is -0.613. The lowest BCUT2D eigenvalue weighted by Gasteiger charge is -2.13. The van der Waals surface area contributed by atoms with Crippen molar-refractivity contribution in [3.05, 3.63) is 72.5 Å². The third kappa shape index (κ3) is 4.12. The topological polar surface area (TPSA) is 65.7 Å². The molecular formula is C20H15Cl3O5. The highest BCUT2D eigenvalue weighted by atomic mass is 35.5. The molecule has 0 spiro atoms. The van der Waals surface area contributed by atoms with E-state index in [0.29, 0.717) is 42.9 Å². The minimum absolute atomic E-state index is 0.0906. The Hall–Kier alpha value is -2.21. The summed E-state index contributed by atoms with van der Waals surface area (Å²) in [5, 5.41) is 1.86. The Morgan fingerprint density at radius 3 is 2.39 bits per heavy atom. The third-order valence-electron chi connectivity index (χ3n) is 4.32.